The topological polar surface area (TPSA) is 35.5 Å². The largest absolute Gasteiger partial charge is 0.458 e. The maximum atomic E-state index is 12.3. The minimum atomic E-state index is -0.281. The molecule has 0 saturated heterocycles. The van der Waals surface area contributed by atoms with Crippen LogP contribution in [-0.4, -0.2) is 24.3 Å². The third kappa shape index (κ3) is 6.76. The molecule has 2 aliphatic carbocycles. The van der Waals surface area contributed by atoms with Crippen molar-refractivity contribution >= 4 is 5.97 Å². The molecule has 28 heavy (non-hydrogen) atoms. The summed E-state index contributed by atoms with van der Waals surface area (Å²) in [5.41, 5.74) is 1.68. The van der Waals surface area contributed by atoms with E-state index in [1.54, 1.807) is 0 Å². The summed E-state index contributed by atoms with van der Waals surface area (Å²) in [5.74, 6) is 0.274. The lowest BCUT2D eigenvalue weighted by atomic mass is 9.66. The second-order valence-electron chi connectivity index (χ2n) is 11.0. The Balaban J connectivity index is 1.93. The molecule has 0 amide bonds. The number of allylic oxidation sites excluding steroid dienone is 2. The van der Waals surface area contributed by atoms with Gasteiger partial charge in [-0.1, -0.05) is 71.8 Å². The first-order valence-corrected chi connectivity index (χ1v) is 11.1. The predicted molar refractivity (Wildman–Crippen MR) is 116 cm³/mol. The van der Waals surface area contributed by atoms with Gasteiger partial charge in [-0.2, -0.15) is 0 Å². The minimum absolute atomic E-state index is 0.0402. The second-order valence-corrected chi connectivity index (χ2v) is 11.0. The van der Waals surface area contributed by atoms with Gasteiger partial charge < -0.3 is 9.47 Å². The molecule has 2 unspecified atom stereocenters. The molecule has 2 atom stereocenters. The first-order valence-electron chi connectivity index (χ1n) is 11.1. The minimum Gasteiger partial charge on any atom is -0.458 e. The molecule has 0 aliphatic heterocycles. The summed E-state index contributed by atoms with van der Waals surface area (Å²) in [4.78, 5) is 12.3. The molecule has 3 heteroatoms. The summed E-state index contributed by atoms with van der Waals surface area (Å²) in [6.07, 6.45) is 13.8. The molecule has 2 aliphatic rings. The van der Waals surface area contributed by atoms with Gasteiger partial charge in [-0.3, -0.25) is 0 Å². The van der Waals surface area contributed by atoms with E-state index in [1.807, 2.05) is 6.92 Å². The summed E-state index contributed by atoms with van der Waals surface area (Å²) in [7, 11) is 0. The average molecular weight is 391 g/mol. The Kier molecular flexibility index (Phi) is 7.58. The van der Waals surface area contributed by atoms with Gasteiger partial charge in [0.2, 0.25) is 0 Å². The van der Waals surface area contributed by atoms with Gasteiger partial charge in [0, 0.05) is 0 Å². The first-order chi connectivity index (χ1) is 12.9. The fourth-order valence-electron chi connectivity index (χ4n) is 4.44. The Morgan fingerprint density at radius 2 is 1.86 bits per heavy atom. The van der Waals surface area contributed by atoms with Crippen LogP contribution in [-0.2, 0) is 14.3 Å². The molecule has 0 aromatic heterocycles. The van der Waals surface area contributed by atoms with Gasteiger partial charge in [0.15, 0.2) is 0 Å². The van der Waals surface area contributed by atoms with E-state index in [-0.39, 0.29) is 29.7 Å². The molecule has 0 radical (unpaired) electrons. The number of ether oxygens (including phenoxy) is 2. The monoisotopic (exact) mass is 390 g/mol. The molecular formula is C25H42O3. The molecule has 0 aromatic rings. The van der Waals surface area contributed by atoms with Gasteiger partial charge in [-0.15, -0.1) is 0 Å². The van der Waals surface area contributed by atoms with Crippen LogP contribution in [0.3, 0.4) is 0 Å². The van der Waals surface area contributed by atoms with Crippen LogP contribution in [0, 0.1) is 16.7 Å². The molecule has 0 bridgehead atoms. The number of hydrogen-bond donors (Lipinski definition) is 0. The van der Waals surface area contributed by atoms with E-state index < -0.39 is 0 Å². The third-order valence-electron chi connectivity index (χ3n) is 6.72. The van der Waals surface area contributed by atoms with Crippen molar-refractivity contribution in [1.82, 2.24) is 0 Å². The van der Waals surface area contributed by atoms with Gasteiger partial charge in [0.05, 0.1) is 6.10 Å². The van der Waals surface area contributed by atoms with Crippen LogP contribution >= 0.6 is 0 Å². The number of rotatable bonds is 8. The van der Waals surface area contributed by atoms with Crippen molar-refractivity contribution in [3.05, 3.63) is 23.8 Å². The fourth-order valence-corrected chi connectivity index (χ4v) is 4.44. The number of esters is 1. The van der Waals surface area contributed by atoms with Gasteiger partial charge in [-0.05, 0) is 62.2 Å². The smallest absolute Gasteiger partial charge is 0.332 e. The zero-order chi connectivity index (χ0) is 21.0. The first kappa shape index (κ1) is 23.2. The lowest BCUT2D eigenvalue weighted by Gasteiger charge is -2.40. The van der Waals surface area contributed by atoms with Crippen LogP contribution in [0.2, 0.25) is 0 Å². The zero-order valence-electron chi connectivity index (χ0n) is 19.3. The highest BCUT2D eigenvalue weighted by molar-refractivity contribution is 5.71. The highest BCUT2D eigenvalue weighted by Crippen LogP contribution is 2.44. The van der Waals surface area contributed by atoms with Gasteiger partial charge in [0.25, 0.3) is 0 Å². The van der Waals surface area contributed by atoms with E-state index in [1.165, 1.54) is 18.4 Å². The maximum absolute atomic E-state index is 12.3. The summed E-state index contributed by atoms with van der Waals surface area (Å²) in [5, 5.41) is 0. The summed E-state index contributed by atoms with van der Waals surface area (Å²) in [6.45, 7) is 16.1. The van der Waals surface area contributed by atoms with E-state index >= 15 is 0 Å². The van der Waals surface area contributed by atoms with Gasteiger partial charge in [-0.25, -0.2) is 4.79 Å². The van der Waals surface area contributed by atoms with Crippen LogP contribution in [0.5, 0.6) is 0 Å². The normalized spacial score (nSPS) is 23.4. The quantitative estimate of drug-likeness (QED) is 0.437. The number of carbonyl (C=O) groups is 1. The van der Waals surface area contributed by atoms with Crippen molar-refractivity contribution in [1.29, 1.82) is 0 Å². The standard InChI is InChI=1S/C25H42O3/c1-8-24(5,6)17-21(23(2,3)4)19-12-11-13-20(16-19)27-18-22(26)28-25(7)14-9-10-15-25/h11-13,20-21H,8-10,14-18H2,1-7H3. The van der Waals surface area contributed by atoms with Crippen molar-refractivity contribution in [2.45, 2.75) is 105 Å². The number of carbonyl (C=O) groups excluding carboxylic acids is 1. The lowest BCUT2D eigenvalue weighted by Crippen LogP contribution is -2.32. The van der Waals surface area contributed by atoms with Crippen molar-refractivity contribution in [3.63, 3.8) is 0 Å². The van der Waals surface area contributed by atoms with Crippen LogP contribution < -0.4 is 0 Å². The Labute approximate surface area is 172 Å². The summed E-state index contributed by atoms with van der Waals surface area (Å²) >= 11 is 0. The predicted octanol–water partition coefficient (Wildman–Crippen LogP) is 6.62. The number of hydrogen-bond acceptors (Lipinski definition) is 3. The fraction of sp³-hybridized carbons (Fsp3) is 0.800. The van der Waals surface area contributed by atoms with Crippen molar-refractivity contribution < 1.29 is 14.3 Å². The maximum Gasteiger partial charge on any atom is 0.332 e. The molecular weight excluding hydrogens is 348 g/mol. The highest BCUT2D eigenvalue weighted by Gasteiger charge is 2.35. The molecule has 0 N–H and O–H groups in total. The van der Waals surface area contributed by atoms with Crippen molar-refractivity contribution in [3.8, 4) is 0 Å². The van der Waals surface area contributed by atoms with Crippen LogP contribution in [0.4, 0.5) is 0 Å². The van der Waals surface area contributed by atoms with Crippen molar-refractivity contribution in [2.75, 3.05) is 6.61 Å². The van der Waals surface area contributed by atoms with E-state index in [0.717, 1.165) is 32.1 Å². The van der Waals surface area contributed by atoms with Gasteiger partial charge in [0.1, 0.15) is 12.2 Å². The third-order valence-corrected chi connectivity index (χ3v) is 6.72. The molecule has 0 aromatic carbocycles. The summed E-state index contributed by atoms with van der Waals surface area (Å²) < 4.78 is 11.6. The van der Waals surface area contributed by atoms with E-state index in [2.05, 4.69) is 59.8 Å². The Bertz CT molecular complexity index is 585. The molecule has 3 nitrogen and oxygen atoms in total. The zero-order valence-corrected chi connectivity index (χ0v) is 19.3. The Morgan fingerprint density at radius 3 is 2.43 bits per heavy atom. The molecule has 1 fully saturated rings. The average Bonchev–Trinajstić information content (AvgIpc) is 3.03. The van der Waals surface area contributed by atoms with E-state index in [9.17, 15) is 4.79 Å². The molecule has 160 valence electrons. The van der Waals surface area contributed by atoms with Gasteiger partial charge >= 0.3 is 5.97 Å². The van der Waals surface area contributed by atoms with Crippen LogP contribution in [0.1, 0.15) is 93.4 Å². The van der Waals surface area contributed by atoms with E-state index in [0.29, 0.717) is 11.3 Å². The molecule has 1 saturated carbocycles. The van der Waals surface area contributed by atoms with Crippen LogP contribution in [0.15, 0.2) is 23.8 Å². The molecule has 0 heterocycles. The highest BCUT2D eigenvalue weighted by atomic mass is 16.6. The molecule has 0 spiro atoms. The van der Waals surface area contributed by atoms with Crippen molar-refractivity contribution in [2.24, 2.45) is 16.7 Å². The lowest BCUT2D eigenvalue weighted by molar-refractivity contribution is -0.164. The summed E-state index contributed by atoms with van der Waals surface area (Å²) in [6, 6.07) is 0. The van der Waals surface area contributed by atoms with E-state index in [4.69, 9.17) is 9.47 Å². The van der Waals surface area contributed by atoms with Crippen LogP contribution in [0.25, 0.3) is 0 Å². The Hall–Kier alpha value is -1.09. The molecule has 2 rings (SSSR count). The SMILES string of the molecule is CCC(C)(C)CC(C1=CC=CC(OCC(=O)OC2(C)CCCC2)C1)C(C)(C)C. The Morgan fingerprint density at radius 1 is 1.21 bits per heavy atom. The second kappa shape index (κ2) is 9.15.